The molecule has 1 aromatic heterocycles. The summed E-state index contributed by atoms with van der Waals surface area (Å²) in [7, 11) is 2.06. The number of piperazine rings is 1. The lowest BCUT2D eigenvalue weighted by Gasteiger charge is -2.38. The van der Waals surface area contributed by atoms with Crippen LogP contribution in [0.15, 0.2) is 12.4 Å². The minimum atomic E-state index is 0.0441. The largest absolute Gasteiger partial charge is 0.376 e. The van der Waals surface area contributed by atoms with E-state index in [0.29, 0.717) is 13.2 Å². The Hall–Kier alpha value is -1.44. The molecule has 0 aliphatic carbocycles. The number of likely N-dealkylation sites (N-methyl/N-ethyl adjacent to an activating group) is 1. The molecule has 1 aromatic rings. The van der Waals surface area contributed by atoms with E-state index in [1.807, 2.05) is 11.1 Å². The number of hydrogen-bond acceptors (Lipinski definition) is 5. The molecule has 2 fully saturated rings. The lowest BCUT2D eigenvalue weighted by atomic mass is 10.1. The van der Waals surface area contributed by atoms with Crippen molar-refractivity contribution in [2.75, 3.05) is 46.5 Å². The molecule has 122 valence electrons. The Bertz CT molecular complexity index is 473. The minimum Gasteiger partial charge on any atom is -0.376 e. The van der Waals surface area contributed by atoms with E-state index in [4.69, 9.17) is 9.47 Å². The molecule has 22 heavy (non-hydrogen) atoms. The molecule has 7 nitrogen and oxygen atoms in total. The van der Waals surface area contributed by atoms with Gasteiger partial charge in [0.05, 0.1) is 18.8 Å². The van der Waals surface area contributed by atoms with E-state index >= 15 is 0 Å². The van der Waals surface area contributed by atoms with Gasteiger partial charge < -0.3 is 19.4 Å². The van der Waals surface area contributed by atoms with Gasteiger partial charge in [-0.05, 0) is 19.9 Å². The smallest absolute Gasteiger partial charge is 0.248 e. The molecular weight excluding hydrogens is 284 g/mol. The summed E-state index contributed by atoms with van der Waals surface area (Å²) in [6.07, 6.45) is 5.84. The molecule has 1 amide bonds. The number of hydrogen-bond donors (Lipinski definition) is 1. The number of amides is 1. The molecule has 7 heteroatoms. The molecule has 1 N–H and O–H groups in total. The summed E-state index contributed by atoms with van der Waals surface area (Å²) in [5.41, 5.74) is 0. The van der Waals surface area contributed by atoms with Gasteiger partial charge in [0.15, 0.2) is 0 Å². The first kappa shape index (κ1) is 15.5. The molecule has 2 aliphatic heterocycles. The highest BCUT2D eigenvalue weighted by Crippen LogP contribution is 2.21. The number of nitrogens with one attached hydrogen (secondary N) is 1. The summed E-state index contributed by atoms with van der Waals surface area (Å²) in [5.74, 6) is 0.947. The molecule has 0 saturated carbocycles. The van der Waals surface area contributed by atoms with Crippen LogP contribution in [0.5, 0.6) is 0 Å². The van der Waals surface area contributed by atoms with Crippen LogP contribution in [0.4, 0.5) is 0 Å². The number of aromatic nitrogens is 2. The van der Waals surface area contributed by atoms with E-state index in [-0.39, 0.29) is 24.7 Å². The summed E-state index contributed by atoms with van der Waals surface area (Å²) < 4.78 is 11.0. The first-order valence-corrected chi connectivity index (χ1v) is 7.90. The predicted molar refractivity (Wildman–Crippen MR) is 80.3 cm³/mol. The highest BCUT2D eigenvalue weighted by atomic mass is 16.5. The van der Waals surface area contributed by atoms with Gasteiger partial charge in [-0.1, -0.05) is 0 Å². The molecule has 0 bridgehead atoms. The zero-order valence-electron chi connectivity index (χ0n) is 13.0. The van der Waals surface area contributed by atoms with Gasteiger partial charge in [-0.15, -0.1) is 0 Å². The average molecular weight is 308 g/mol. The van der Waals surface area contributed by atoms with Gasteiger partial charge in [-0.25, -0.2) is 4.98 Å². The van der Waals surface area contributed by atoms with Crippen molar-refractivity contribution in [2.24, 2.45) is 0 Å². The second kappa shape index (κ2) is 7.21. The Morgan fingerprint density at radius 1 is 1.55 bits per heavy atom. The second-order valence-corrected chi connectivity index (χ2v) is 5.96. The third-order valence-corrected chi connectivity index (χ3v) is 4.39. The Morgan fingerprint density at radius 2 is 2.45 bits per heavy atom. The van der Waals surface area contributed by atoms with Gasteiger partial charge in [-0.3, -0.25) is 9.69 Å². The molecule has 2 saturated heterocycles. The van der Waals surface area contributed by atoms with E-state index in [9.17, 15) is 4.79 Å². The molecule has 0 radical (unpaired) electrons. The van der Waals surface area contributed by atoms with Crippen LogP contribution in [-0.4, -0.2) is 78.3 Å². The molecule has 2 atom stereocenters. The average Bonchev–Trinajstić information content (AvgIpc) is 3.21. The third kappa shape index (κ3) is 3.66. The number of carbonyl (C=O) groups is 1. The Balaban J connectivity index is 1.47. The molecule has 2 aliphatic rings. The van der Waals surface area contributed by atoms with Crippen LogP contribution < -0.4 is 0 Å². The van der Waals surface area contributed by atoms with Crippen LogP contribution >= 0.6 is 0 Å². The van der Waals surface area contributed by atoms with Gasteiger partial charge in [0.25, 0.3) is 0 Å². The fraction of sp³-hybridized carbons (Fsp3) is 0.733. The monoisotopic (exact) mass is 308 g/mol. The summed E-state index contributed by atoms with van der Waals surface area (Å²) in [4.78, 5) is 23.8. The highest BCUT2D eigenvalue weighted by molar-refractivity contribution is 5.77. The maximum absolute atomic E-state index is 12.3. The van der Waals surface area contributed by atoms with Crippen LogP contribution in [0, 0.1) is 0 Å². The van der Waals surface area contributed by atoms with Crippen molar-refractivity contribution >= 4 is 5.91 Å². The lowest BCUT2D eigenvalue weighted by Crippen LogP contribution is -2.50. The van der Waals surface area contributed by atoms with Crippen molar-refractivity contribution in [3.8, 4) is 0 Å². The topological polar surface area (TPSA) is 70.7 Å². The normalized spacial score (nSPS) is 26.5. The molecule has 3 rings (SSSR count). The Morgan fingerprint density at radius 3 is 3.18 bits per heavy atom. The maximum atomic E-state index is 12.3. The number of carbonyl (C=O) groups excluding carboxylic acids is 1. The summed E-state index contributed by atoms with van der Waals surface area (Å²) in [6.45, 7) is 3.67. The van der Waals surface area contributed by atoms with Crippen LogP contribution in [0.2, 0.25) is 0 Å². The first-order chi connectivity index (χ1) is 10.7. The third-order valence-electron chi connectivity index (χ3n) is 4.39. The predicted octanol–water partition coefficient (Wildman–Crippen LogP) is 0.420. The van der Waals surface area contributed by atoms with Gasteiger partial charge in [0.2, 0.25) is 5.91 Å². The number of rotatable bonds is 5. The fourth-order valence-corrected chi connectivity index (χ4v) is 3.00. The summed E-state index contributed by atoms with van der Waals surface area (Å²) in [5, 5.41) is 0. The molecule has 0 aromatic carbocycles. The van der Waals surface area contributed by atoms with Crippen LogP contribution in [-0.2, 0) is 14.3 Å². The van der Waals surface area contributed by atoms with Gasteiger partial charge >= 0.3 is 0 Å². The van der Waals surface area contributed by atoms with Gasteiger partial charge in [-0.2, -0.15) is 0 Å². The van der Waals surface area contributed by atoms with E-state index in [2.05, 4.69) is 21.9 Å². The van der Waals surface area contributed by atoms with Crippen molar-refractivity contribution in [1.29, 1.82) is 0 Å². The Labute approximate surface area is 130 Å². The van der Waals surface area contributed by atoms with Crippen LogP contribution in [0.25, 0.3) is 0 Å². The van der Waals surface area contributed by atoms with Crippen LogP contribution in [0.1, 0.15) is 24.7 Å². The lowest BCUT2D eigenvalue weighted by molar-refractivity contribution is -0.140. The fourth-order valence-electron chi connectivity index (χ4n) is 3.00. The highest BCUT2D eigenvalue weighted by Gasteiger charge is 2.30. The standard InChI is InChI=1S/C15H24N4O3/c1-18-6-7-19(9-13(18)15-16-4-5-17-15)14(20)11-21-10-12-3-2-8-22-12/h4-5,12-13H,2-3,6-11H2,1H3,(H,16,17). The van der Waals surface area contributed by atoms with Crippen molar-refractivity contribution in [2.45, 2.75) is 25.0 Å². The summed E-state index contributed by atoms with van der Waals surface area (Å²) >= 11 is 0. The minimum absolute atomic E-state index is 0.0441. The van der Waals surface area contributed by atoms with E-state index in [1.54, 1.807) is 6.20 Å². The molecular formula is C15H24N4O3. The zero-order valence-corrected chi connectivity index (χ0v) is 13.0. The van der Waals surface area contributed by atoms with E-state index in [0.717, 1.165) is 38.4 Å². The van der Waals surface area contributed by atoms with Crippen molar-refractivity contribution in [1.82, 2.24) is 19.8 Å². The number of aromatic amines is 1. The van der Waals surface area contributed by atoms with E-state index in [1.165, 1.54) is 0 Å². The van der Waals surface area contributed by atoms with Crippen molar-refractivity contribution < 1.29 is 14.3 Å². The Kier molecular flexibility index (Phi) is 5.07. The number of imidazole rings is 1. The quantitative estimate of drug-likeness (QED) is 0.854. The second-order valence-electron chi connectivity index (χ2n) is 5.96. The van der Waals surface area contributed by atoms with Crippen molar-refractivity contribution in [3.63, 3.8) is 0 Å². The summed E-state index contributed by atoms with van der Waals surface area (Å²) in [6, 6.07) is 0.117. The molecule has 3 heterocycles. The number of H-pyrrole nitrogens is 1. The molecule has 2 unspecified atom stereocenters. The number of nitrogens with zero attached hydrogens (tertiary/aromatic N) is 3. The van der Waals surface area contributed by atoms with Crippen LogP contribution in [0.3, 0.4) is 0 Å². The zero-order chi connectivity index (χ0) is 15.4. The SMILES string of the molecule is CN1CCN(C(=O)COCC2CCCO2)CC1c1ncc[nH]1. The maximum Gasteiger partial charge on any atom is 0.248 e. The number of ether oxygens (including phenoxy) is 2. The van der Waals surface area contributed by atoms with Gasteiger partial charge in [0.1, 0.15) is 12.4 Å². The van der Waals surface area contributed by atoms with Gasteiger partial charge in [0, 0.05) is 38.6 Å². The van der Waals surface area contributed by atoms with E-state index < -0.39 is 0 Å². The van der Waals surface area contributed by atoms with Crippen molar-refractivity contribution in [3.05, 3.63) is 18.2 Å². The molecule has 0 spiro atoms. The first-order valence-electron chi connectivity index (χ1n) is 7.90.